The number of piperidine rings is 1. The monoisotopic (exact) mass is 528 g/mol. The van der Waals surface area contributed by atoms with Crippen LogP contribution in [-0.4, -0.2) is 49.9 Å². The van der Waals surface area contributed by atoms with Crippen LogP contribution in [0, 0.1) is 11.7 Å². The normalized spacial score (nSPS) is 24.0. The van der Waals surface area contributed by atoms with Crippen LogP contribution in [-0.2, 0) is 11.3 Å². The third-order valence-electron chi connectivity index (χ3n) is 7.72. The number of urea groups is 1. The van der Waals surface area contributed by atoms with E-state index in [2.05, 4.69) is 22.0 Å². The standard InChI is InChI=1S/C28H37FN4O3S/c1-18-27(32-24-10-5-20(29)14-25(24)36-22-8-6-21(35-2)7-9-22)23-11-13-37-26(23)17-33(18)28(34)31-16-19-4-3-12-30-15-19/h5,10-11,13-14,19,21-22,30,32H,3-4,6-9,12,15-17H2,1-2H3,(H,31,34). The van der Waals surface area contributed by atoms with Crippen LogP contribution in [0.25, 0.3) is 5.70 Å². The number of nitrogens with one attached hydrogen (secondary N) is 3. The summed E-state index contributed by atoms with van der Waals surface area (Å²) in [6.45, 7) is 5.15. The summed E-state index contributed by atoms with van der Waals surface area (Å²) in [5.74, 6) is 0.610. The summed E-state index contributed by atoms with van der Waals surface area (Å²) in [6.07, 6.45) is 6.17. The Kier molecular flexibility index (Phi) is 8.32. The Hall–Kier alpha value is -2.62. The number of methoxy groups -OCH3 is 1. The van der Waals surface area contributed by atoms with Crippen LogP contribution in [0.4, 0.5) is 14.9 Å². The smallest absolute Gasteiger partial charge is 0.322 e. The minimum Gasteiger partial charge on any atom is -0.488 e. The van der Waals surface area contributed by atoms with E-state index in [0.29, 0.717) is 30.4 Å². The van der Waals surface area contributed by atoms with Crippen molar-refractivity contribution in [3.05, 3.63) is 51.6 Å². The quantitative estimate of drug-likeness (QED) is 0.440. The van der Waals surface area contributed by atoms with Crippen molar-refractivity contribution in [2.75, 3.05) is 32.1 Å². The SMILES string of the molecule is COC1CCC(Oc2cc(F)ccc2NC2=C(C)N(C(=O)NCC3CCCNC3)Cc3sccc32)CC1. The van der Waals surface area contributed by atoms with Gasteiger partial charge in [0.15, 0.2) is 0 Å². The average molecular weight is 529 g/mol. The number of anilines is 1. The first-order valence-corrected chi connectivity index (χ1v) is 14.2. The van der Waals surface area contributed by atoms with Crippen molar-refractivity contribution >= 4 is 28.8 Å². The summed E-state index contributed by atoms with van der Waals surface area (Å²) in [4.78, 5) is 16.2. The van der Waals surface area contributed by atoms with Gasteiger partial charge >= 0.3 is 6.03 Å². The molecular weight excluding hydrogens is 491 g/mol. The van der Waals surface area contributed by atoms with Crippen LogP contribution in [0.1, 0.15) is 55.9 Å². The molecule has 3 heterocycles. The molecule has 2 fully saturated rings. The molecule has 1 saturated carbocycles. The molecule has 1 aliphatic carbocycles. The molecule has 0 spiro atoms. The molecule has 0 bridgehead atoms. The van der Waals surface area contributed by atoms with E-state index in [1.165, 1.54) is 12.1 Å². The van der Waals surface area contributed by atoms with Gasteiger partial charge < -0.3 is 25.4 Å². The van der Waals surface area contributed by atoms with Gasteiger partial charge in [0.2, 0.25) is 0 Å². The van der Waals surface area contributed by atoms with Gasteiger partial charge in [-0.25, -0.2) is 9.18 Å². The van der Waals surface area contributed by atoms with Crippen molar-refractivity contribution in [2.24, 2.45) is 5.92 Å². The van der Waals surface area contributed by atoms with Crippen molar-refractivity contribution in [1.29, 1.82) is 0 Å². The van der Waals surface area contributed by atoms with Crippen LogP contribution in [0.3, 0.4) is 0 Å². The van der Waals surface area contributed by atoms with Gasteiger partial charge in [0, 0.05) is 35.9 Å². The summed E-state index contributed by atoms with van der Waals surface area (Å²) in [6, 6.07) is 6.58. The molecule has 1 aromatic carbocycles. The number of carbonyl (C=O) groups excluding carboxylic acids is 1. The van der Waals surface area contributed by atoms with Crippen molar-refractivity contribution in [2.45, 2.75) is 64.2 Å². The van der Waals surface area contributed by atoms with Crippen molar-refractivity contribution in [3.8, 4) is 5.75 Å². The van der Waals surface area contributed by atoms with Gasteiger partial charge in [-0.15, -0.1) is 11.3 Å². The number of carbonyl (C=O) groups is 1. The number of fused-ring (bicyclic) bond motifs is 1. The number of hydrogen-bond donors (Lipinski definition) is 3. The Morgan fingerprint density at radius 2 is 2.00 bits per heavy atom. The third-order valence-corrected chi connectivity index (χ3v) is 8.63. The highest BCUT2D eigenvalue weighted by atomic mass is 32.1. The highest BCUT2D eigenvalue weighted by Gasteiger charge is 2.29. The van der Waals surface area contributed by atoms with Crippen molar-refractivity contribution in [3.63, 3.8) is 0 Å². The lowest BCUT2D eigenvalue weighted by molar-refractivity contribution is 0.0329. The number of ether oxygens (including phenoxy) is 2. The van der Waals surface area contributed by atoms with E-state index in [1.807, 2.05) is 12.3 Å². The largest absolute Gasteiger partial charge is 0.488 e. The number of nitrogens with zero attached hydrogens (tertiary/aromatic N) is 1. The first-order valence-electron chi connectivity index (χ1n) is 13.3. The van der Waals surface area contributed by atoms with Gasteiger partial charge in [-0.3, -0.25) is 4.90 Å². The summed E-state index contributed by atoms with van der Waals surface area (Å²) in [5, 5.41) is 12.1. The van der Waals surface area contributed by atoms with E-state index >= 15 is 0 Å². The van der Waals surface area contributed by atoms with Gasteiger partial charge in [0.25, 0.3) is 0 Å². The van der Waals surface area contributed by atoms with E-state index in [-0.39, 0.29) is 24.1 Å². The molecule has 2 aromatic rings. The highest BCUT2D eigenvalue weighted by molar-refractivity contribution is 7.10. The number of allylic oxidation sites excluding steroid dienone is 1. The van der Waals surface area contributed by atoms with Crippen LogP contribution >= 0.6 is 11.3 Å². The van der Waals surface area contributed by atoms with E-state index in [0.717, 1.165) is 73.4 Å². The molecule has 3 N–H and O–H groups in total. The maximum atomic E-state index is 14.3. The first-order chi connectivity index (χ1) is 18.0. The number of thiophene rings is 1. The summed E-state index contributed by atoms with van der Waals surface area (Å²) in [5.41, 5.74) is 3.44. The Labute approximate surface area is 222 Å². The number of benzene rings is 1. The van der Waals surface area contributed by atoms with Gasteiger partial charge in [-0.05, 0) is 88.0 Å². The van der Waals surface area contributed by atoms with E-state index in [4.69, 9.17) is 9.47 Å². The lowest BCUT2D eigenvalue weighted by Crippen LogP contribution is -2.44. The Morgan fingerprint density at radius 3 is 2.76 bits per heavy atom. The molecular formula is C28H37FN4O3S. The molecule has 7 nitrogen and oxygen atoms in total. The summed E-state index contributed by atoms with van der Waals surface area (Å²) in [7, 11) is 1.75. The molecule has 200 valence electrons. The van der Waals surface area contributed by atoms with E-state index in [9.17, 15) is 9.18 Å². The fourth-order valence-corrected chi connectivity index (χ4v) is 6.35. The predicted molar refractivity (Wildman–Crippen MR) is 145 cm³/mol. The van der Waals surface area contributed by atoms with E-state index < -0.39 is 0 Å². The molecule has 9 heteroatoms. The predicted octanol–water partition coefficient (Wildman–Crippen LogP) is 5.55. The lowest BCUT2D eigenvalue weighted by Gasteiger charge is -2.32. The van der Waals surface area contributed by atoms with Crippen molar-refractivity contribution < 1.29 is 18.7 Å². The first kappa shape index (κ1) is 26.0. The Morgan fingerprint density at radius 1 is 1.19 bits per heavy atom. The Bertz CT molecular complexity index is 1120. The number of hydrogen-bond acceptors (Lipinski definition) is 6. The topological polar surface area (TPSA) is 74.9 Å². The molecule has 1 unspecified atom stereocenters. The molecule has 37 heavy (non-hydrogen) atoms. The maximum absolute atomic E-state index is 14.3. The fourth-order valence-electron chi connectivity index (χ4n) is 5.48. The zero-order valence-corrected chi connectivity index (χ0v) is 22.5. The summed E-state index contributed by atoms with van der Waals surface area (Å²) < 4.78 is 26.1. The Balaban J connectivity index is 1.34. The van der Waals surface area contributed by atoms with Crippen LogP contribution in [0.5, 0.6) is 5.75 Å². The molecule has 0 radical (unpaired) electrons. The van der Waals surface area contributed by atoms with Gasteiger partial charge in [-0.2, -0.15) is 0 Å². The third kappa shape index (κ3) is 6.10. The van der Waals surface area contributed by atoms with Gasteiger partial charge in [0.1, 0.15) is 11.6 Å². The maximum Gasteiger partial charge on any atom is 0.322 e. The number of halogens is 1. The zero-order chi connectivity index (χ0) is 25.8. The molecule has 2 amide bonds. The molecule has 1 atom stereocenters. The molecule has 3 aliphatic rings. The van der Waals surface area contributed by atoms with Gasteiger partial charge in [0.05, 0.1) is 30.1 Å². The number of rotatable bonds is 7. The average Bonchev–Trinajstić information content (AvgIpc) is 3.39. The molecule has 2 aliphatic heterocycles. The van der Waals surface area contributed by atoms with Crippen LogP contribution < -0.4 is 20.7 Å². The van der Waals surface area contributed by atoms with Crippen LogP contribution in [0.2, 0.25) is 0 Å². The molecule has 1 aromatic heterocycles. The molecule has 5 rings (SSSR count). The van der Waals surface area contributed by atoms with Crippen LogP contribution in [0.15, 0.2) is 35.3 Å². The highest BCUT2D eigenvalue weighted by Crippen LogP contribution is 2.38. The second-order valence-electron chi connectivity index (χ2n) is 10.2. The zero-order valence-electron chi connectivity index (χ0n) is 21.6. The second-order valence-corrected chi connectivity index (χ2v) is 11.2. The van der Waals surface area contributed by atoms with Crippen molar-refractivity contribution in [1.82, 2.24) is 15.5 Å². The van der Waals surface area contributed by atoms with Gasteiger partial charge in [-0.1, -0.05) is 0 Å². The number of amides is 2. The minimum absolute atomic E-state index is 0.0171. The summed E-state index contributed by atoms with van der Waals surface area (Å²) >= 11 is 1.64. The molecule has 1 saturated heterocycles. The second kappa shape index (κ2) is 11.8. The van der Waals surface area contributed by atoms with E-state index in [1.54, 1.807) is 29.4 Å². The lowest BCUT2D eigenvalue weighted by atomic mass is 9.95. The minimum atomic E-state index is -0.338. The fraction of sp³-hybridized carbons (Fsp3) is 0.536.